The lowest BCUT2D eigenvalue weighted by molar-refractivity contribution is 0.0943. The summed E-state index contributed by atoms with van der Waals surface area (Å²) in [5.74, 6) is 6.04. The van der Waals surface area contributed by atoms with Gasteiger partial charge in [0.15, 0.2) is 0 Å². The van der Waals surface area contributed by atoms with Gasteiger partial charge < -0.3 is 9.47 Å². The Bertz CT molecular complexity index is 878. The Morgan fingerprint density at radius 2 is 1.38 bits per heavy atom. The van der Waals surface area contributed by atoms with Crippen LogP contribution in [0.15, 0.2) is 54.6 Å². The highest BCUT2D eigenvalue weighted by molar-refractivity contribution is 5.91. The predicted molar refractivity (Wildman–Crippen MR) is 97.7 cm³/mol. The van der Waals surface area contributed by atoms with Crippen molar-refractivity contribution in [1.82, 2.24) is 15.4 Å². The molecule has 0 spiro atoms. The fraction of sp³-hybridized carbons (Fsp3) is 0.105. The van der Waals surface area contributed by atoms with Crippen molar-refractivity contribution in [2.24, 2.45) is 5.84 Å². The number of hydrogen-bond acceptors (Lipinski definition) is 6. The first kappa shape index (κ1) is 17.4. The Labute approximate surface area is 150 Å². The van der Waals surface area contributed by atoms with Gasteiger partial charge in [-0.25, -0.2) is 15.8 Å². The average molecular weight is 350 g/mol. The van der Waals surface area contributed by atoms with Gasteiger partial charge >= 0.3 is 5.91 Å². The molecule has 0 bridgehead atoms. The van der Waals surface area contributed by atoms with Crippen LogP contribution < -0.4 is 20.7 Å². The van der Waals surface area contributed by atoms with E-state index in [0.717, 1.165) is 11.1 Å². The van der Waals surface area contributed by atoms with Crippen LogP contribution in [0.1, 0.15) is 10.6 Å². The number of nitrogen functional groups attached to an aromatic ring is 1. The number of nitrogens with two attached hydrogens (primary N) is 1. The second-order valence-electron chi connectivity index (χ2n) is 5.40. The van der Waals surface area contributed by atoms with Crippen molar-refractivity contribution in [3.63, 3.8) is 0 Å². The number of hydrazine groups is 1. The SMILES string of the molecule is COc1cccc(-c2cc(-c3cccc(OC)c3)nc(C(=O)NN)n2)c1. The first-order valence-corrected chi connectivity index (χ1v) is 7.83. The molecule has 1 heterocycles. The molecule has 1 aromatic heterocycles. The summed E-state index contributed by atoms with van der Waals surface area (Å²) in [4.78, 5) is 20.7. The number of carbonyl (C=O) groups is 1. The second kappa shape index (κ2) is 7.62. The van der Waals surface area contributed by atoms with Gasteiger partial charge in [-0.15, -0.1) is 0 Å². The van der Waals surface area contributed by atoms with Crippen LogP contribution in [0.5, 0.6) is 11.5 Å². The van der Waals surface area contributed by atoms with Gasteiger partial charge in [-0.05, 0) is 30.3 Å². The number of ether oxygens (including phenoxy) is 2. The summed E-state index contributed by atoms with van der Waals surface area (Å²) in [7, 11) is 3.18. The molecule has 132 valence electrons. The van der Waals surface area contributed by atoms with E-state index >= 15 is 0 Å². The minimum absolute atomic E-state index is 0.0226. The molecule has 1 amide bonds. The van der Waals surface area contributed by atoms with Crippen molar-refractivity contribution in [1.29, 1.82) is 0 Å². The van der Waals surface area contributed by atoms with E-state index in [1.807, 2.05) is 48.5 Å². The van der Waals surface area contributed by atoms with Gasteiger partial charge in [0.2, 0.25) is 5.82 Å². The highest BCUT2D eigenvalue weighted by Crippen LogP contribution is 2.28. The summed E-state index contributed by atoms with van der Waals surface area (Å²) >= 11 is 0. The molecule has 7 nitrogen and oxygen atoms in total. The molecule has 3 N–H and O–H groups in total. The Morgan fingerprint density at radius 1 is 0.885 bits per heavy atom. The van der Waals surface area contributed by atoms with Crippen LogP contribution in [0.25, 0.3) is 22.5 Å². The van der Waals surface area contributed by atoms with E-state index in [9.17, 15) is 4.79 Å². The second-order valence-corrected chi connectivity index (χ2v) is 5.40. The lowest BCUT2D eigenvalue weighted by Gasteiger charge is -2.10. The molecule has 0 saturated heterocycles. The monoisotopic (exact) mass is 350 g/mol. The summed E-state index contributed by atoms with van der Waals surface area (Å²) in [6.07, 6.45) is 0. The summed E-state index contributed by atoms with van der Waals surface area (Å²) in [5.41, 5.74) is 4.82. The van der Waals surface area contributed by atoms with Crippen LogP contribution in [0.4, 0.5) is 0 Å². The number of rotatable bonds is 5. The molecule has 0 fully saturated rings. The van der Waals surface area contributed by atoms with Gasteiger partial charge in [0.25, 0.3) is 0 Å². The average Bonchev–Trinajstić information content (AvgIpc) is 2.72. The number of nitrogens with zero attached hydrogens (tertiary/aromatic N) is 2. The lowest BCUT2D eigenvalue weighted by atomic mass is 10.1. The van der Waals surface area contributed by atoms with E-state index in [1.54, 1.807) is 20.3 Å². The quantitative estimate of drug-likeness (QED) is 0.416. The number of benzene rings is 2. The number of hydrogen-bond donors (Lipinski definition) is 2. The van der Waals surface area contributed by atoms with Crippen molar-refractivity contribution in [3.05, 3.63) is 60.4 Å². The first-order chi connectivity index (χ1) is 12.6. The Balaban J connectivity index is 2.16. The molecule has 0 aliphatic heterocycles. The molecular formula is C19H18N4O3. The number of aromatic nitrogens is 2. The van der Waals surface area contributed by atoms with Crippen LogP contribution in [0.2, 0.25) is 0 Å². The zero-order valence-electron chi connectivity index (χ0n) is 14.4. The lowest BCUT2D eigenvalue weighted by Crippen LogP contribution is -2.31. The summed E-state index contributed by atoms with van der Waals surface area (Å²) in [5, 5.41) is 0. The molecule has 3 aromatic rings. The zero-order chi connectivity index (χ0) is 18.5. The molecule has 7 heteroatoms. The largest absolute Gasteiger partial charge is 0.497 e. The predicted octanol–water partition coefficient (Wildman–Crippen LogP) is 2.43. The van der Waals surface area contributed by atoms with E-state index < -0.39 is 5.91 Å². The van der Waals surface area contributed by atoms with E-state index in [1.165, 1.54) is 0 Å². The molecule has 0 saturated carbocycles. The summed E-state index contributed by atoms with van der Waals surface area (Å²) in [6, 6.07) is 16.6. The Morgan fingerprint density at radius 3 is 1.81 bits per heavy atom. The van der Waals surface area contributed by atoms with E-state index in [4.69, 9.17) is 15.3 Å². The molecule has 2 aromatic carbocycles. The van der Waals surface area contributed by atoms with Gasteiger partial charge in [0, 0.05) is 11.1 Å². The van der Waals surface area contributed by atoms with Crippen LogP contribution in [-0.4, -0.2) is 30.1 Å². The molecule has 0 radical (unpaired) electrons. The third-order valence-electron chi connectivity index (χ3n) is 3.79. The maximum absolute atomic E-state index is 12.0. The minimum Gasteiger partial charge on any atom is -0.497 e. The number of amides is 1. The van der Waals surface area contributed by atoms with Crippen molar-refractivity contribution in [2.45, 2.75) is 0 Å². The van der Waals surface area contributed by atoms with Gasteiger partial charge in [0.05, 0.1) is 25.6 Å². The Kier molecular flexibility index (Phi) is 5.09. The maximum Gasteiger partial charge on any atom is 0.302 e. The van der Waals surface area contributed by atoms with Crippen LogP contribution in [0.3, 0.4) is 0 Å². The van der Waals surface area contributed by atoms with Crippen molar-refractivity contribution >= 4 is 5.91 Å². The fourth-order valence-electron chi connectivity index (χ4n) is 2.47. The third-order valence-corrected chi connectivity index (χ3v) is 3.79. The molecule has 0 aliphatic carbocycles. The smallest absolute Gasteiger partial charge is 0.302 e. The van der Waals surface area contributed by atoms with Gasteiger partial charge in [-0.3, -0.25) is 10.2 Å². The molecule has 0 atom stereocenters. The summed E-state index contributed by atoms with van der Waals surface area (Å²) < 4.78 is 10.5. The number of carbonyl (C=O) groups excluding carboxylic acids is 1. The number of nitrogens with one attached hydrogen (secondary N) is 1. The van der Waals surface area contributed by atoms with Crippen LogP contribution >= 0.6 is 0 Å². The molecule has 0 unspecified atom stereocenters. The van der Waals surface area contributed by atoms with E-state index in [2.05, 4.69) is 15.4 Å². The van der Waals surface area contributed by atoms with Gasteiger partial charge in [-0.2, -0.15) is 0 Å². The molecule has 26 heavy (non-hydrogen) atoms. The molecule has 0 aliphatic rings. The minimum atomic E-state index is -0.570. The third kappa shape index (κ3) is 3.62. The number of methoxy groups -OCH3 is 2. The summed E-state index contributed by atoms with van der Waals surface area (Å²) in [6.45, 7) is 0. The van der Waals surface area contributed by atoms with Crippen molar-refractivity contribution in [2.75, 3.05) is 14.2 Å². The van der Waals surface area contributed by atoms with E-state index in [0.29, 0.717) is 22.9 Å². The Hall–Kier alpha value is -3.45. The van der Waals surface area contributed by atoms with Crippen molar-refractivity contribution in [3.8, 4) is 34.0 Å². The molecular weight excluding hydrogens is 332 g/mol. The standard InChI is InChI=1S/C19H18N4O3/c1-25-14-7-3-5-12(9-14)16-11-17(22-18(21-16)19(24)23-20)13-6-4-8-15(10-13)26-2/h3-11H,20H2,1-2H3,(H,23,24). The van der Waals surface area contributed by atoms with Gasteiger partial charge in [0.1, 0.15) is 11.5 Å². The topological polar surface area (TPSA) is 99.4 Å². The van der Waals surface area contributed by atoms with Gasteiger partial charge in [-0.1, -0.05) is 24.3 Å². The molecule has 3 rings (SSSR count). The van der Waals surface area contributed by atoms with Crippen molar-refractivity contribution < 1.29 is 14.3 Å². The highest BCUT2D eigenvalue weighted by Gasteiger charge is 2.14. The normalized spacial score (nSPS) is 10.3. The fourth-order valence-corrected chi connectivity index (χ4v) is 2.47. The first-order valence-electron chi connectivity index (χ1n) is 7.83. The van der Waals surface area contributed by atoms with Crippen LogP contribution in [0, 0.1) is 0 Å². The van der Waals surface area contributed by atoms with Crippen LogP contribution in [-0.2, 0) is 0 Å². The maximum atomic E-state index is 12.0. The zero-order valence-corrected chi connectivity index (χ0v) is 14.4. The highest BCUT2D eigenvalue weighted by atomic mass is 16.5. The van der Waals surface area contributed by atoms with E-state index in [-0.39, 0.29) is 5.82 Å².